The van der Waals surface area contributed by atoms with Gasteiger partial charge in [-0.1, -0.05) is 6.92 Å². The molecule has 1 rings (SSSR count). The largest absolute Gasteiger partial charge is 0.479 e. The van der Waals surface area contributed by atoms with E-state index in [1.165, 1.54) is 19.8 Å². The molecule has 1 unspecified atom stereocenters. The maximum atomic E-state index is 10.7. The minimum absolute atomic E-state index is 0.218. The van der Waals surface area contributed by atoms with Crippen LogP contribution in [0.3, 0.4) is 0 Å². The van der Waals surface area contributed by atoms with Gasteiger partial charge in [0, 0.05) is 13.1 Å². The molecular formula is C10H19NO3. The molecule has 2 N–H and O–H groups in total. The lowest BCUT2D eigenvalue weighted by Crippen LogP contribution is -2.47. The molecule has 0 aromatic carbocycles. The fourth-order valence-corrected chi connectivity index (χ4v) is 1.47. The highest BCUT2D eigenvalue weighted by Gasteiger charge is 2.33. The minimum atomic E-state index is -1.62. The van der Waals surface area contributed by atoms with Gasteiger partial charge in [-0.25, -0.2) is 4.79 Å². The van der Waals surface area contributed by atoms with E-state index in [2.05, 4.69) is 0 Å². The number of carboxylic acid groups (broad SMARTS) is 1. The Morgan fingerprint density at radius 2 is 2.14 bits per heavy atom. The van der Waals surface area contributed by atoms with Crippen molar-refractivity contribution in [2.45, 2.75) is 32.3 Å². The number of carbonyl (C=O) groups is 1. The van der Waals surface area contributed by atoms with Gasteiger partial charge in [-0.05, 0) is 32.2 Å². The second-order valence-corrected chi connectivity index (χ2v) is 4.35. The van der Waals surface area contributed by atoms with E-state index in [0.29, 0.717) is 0 Å². The molecule has 82 valence electrons. The quantitative estimate of drug-likeness (QED) is 0.659. The Morgan fingerprint density at radius 3 is 2.50 bits per heavy atom. The van der Waals surface area contributed by atoms with Gasteiger partial charge in [0.2, 0.25) is 0 Å². The average Bonchev–Trinajstić information content (AvgIpc) is 2.86. The van der Waals surface area contributed by atoms with Crippen molar-refractivity contribution in [2.24, 2.45) is 5.92 Å². The normalized spacial score (nSPS) is 20.9. The molecule has 14 heavy (non-hydrogen) atoms. The Morgan fingerprint density at radius 1 is 1.57 bits per heavy atom. The summed E-state index contributed by atoms with van der Waals surface area (Å²) in [5.74, 6) is -0.425. The molecule has 0 saturated heterocycles. The van der Waals surface area contributed by atoms with Crippen LogP contribution in [-0.4, -0.2) is 46.3 Å². The van der Waals surface area contributed by atoms with Crippen LogP contribution in [0.5, 0.6) is 0 Å². The molecule has 1 fully saturated rings. The van der Waals surface area contributed by atoms with E-state index >= 15 is 0 Å². The van der Waals surface area contributed by atoms with Gasteiger partial charge in [0.25, 0.3) is 0 Å². The first-order valence-corrected chi connectivity index (χ1v) is 5.14. The summed E-state index contributed by atoms with van der Waals surface area (Å²) >= 11 is 0. The molecule has 0 heterocycles. The fraction of sp³-hybridized carbons (Fsp3) is 0.900. The lowest BCUT2D eigenvalue weighted by molar-refractivity contribution is -0.158. The summed E-state index contributed by atoms with van der Waals surface area (Å²) in [4.78, 5) is 12.7. The van der Waals surface area contributed by atoms with Crippen molar-refractivity contribution in [3.63, 3.8) is 0 Å². The first kappa shape index (κ1) is 11.5. The van der Waals surface area contributed by atoms with Gasteiger partial charge in [0.1, 0.15) is 0 Å². The molecule has 0 aliphatic heterocycles. The fourth-order valence-electron chi connectivity index (χ4n) is 1.47. The van der Waals surface area contributed by atoms with Gasteiger partial charge in [-0.3, -0.25) is 4.90 Å². The number of likely N-dealkylation sites (N-methyl/N-ethyl adjacent to an activating group) is 1. The third-order valence-corrected chi connectivity index (χ3v) is 2.65. The molecule has 0 bridgehead atoms. The second kappa shape index (κ2) is 4.28. The predicted octanol–water partition coefficient (Wildman–Crippen LogP) is 0.554. The van der Waals surface area contributed by atoms with Gasteiger partial charge in [-0.2, -0.15) is 0 Å². The molecule has 0 aromatic rings. The molecule has 4 heteroatoms. The lowest BCUT2D eigenvalue weighted by Gasteiger charge is -2.27. The first-order chi connectivity index (χ1) is 6.45. The number of nitrogens with zero attached hydrogens (tertiary/aromatic N) is 1. The summed E-state index contributed by atoms with van der Waals surface area (Å²) in [6.07, 6.45) is 2.48. The van der Waals surface area contributed by atoms with E-state index in [0.717, 1.165) is 19.0 Å². The van der Waals surface area contributed by atoms with E-state index in [9.17, 15) is 9.90 Å². The molecule has 0 aromatic heterocycles. The zero-order valence-electron chi connectivity index (χ0n) is 8.86. The Kier molecular flexibility index (Phi) is 3.50. The summed E-state index contributed by atoms with van der Waals surface area (Å²) in [7, 11) is 0. The van der Waals surface area contributed by atoms with E-state index in [1.807, 2.05) is 11.8 Å². The smallest absolute Gasteiger partial charge is 0.336 e. The van der Waals surface area contributed by atoms with Crippen LogP contribution in [0.15, 0.2) is 0 Å². The number of rotatable bonds is 6. The van der Waals surface area contributed by atoms with Crippen molar-refractivity contribution in [3.05, 3.63) is 0 Å². The van der Waals surface area contributed by atoms with Crippen LogP contribution >= 0.6 is 0 Å². The van der Waals surface area contributed by atoms with Crippen LogP contribution in [0.2, 0.25) is 0 Å². The molecule has 0 spiro atoms. The predicted molar refractivity (Wildman–Crippen MR) is 53.1 cm³/mol. The van der Waals surface area contributed by atoms with Gasteiger partial charge in [0.15, 0.2) is 5.60 Å². The zero-order valence-corrected chi connectivity index (χ0v) is 8.86. The van der Waals surface area contributed by atoms with E-state index in [-0.39, 0.29) is 6.54 Å². The van der Waals surface area contributed by atoms with Gasteiger partial charge in [-0.15, -0.1) is 0 Å². The number of hydrogen-bond donors (Lipinski definition) is 2. The second-order valence-electron chi connectivity index (χ2n) is 4.35. The van der Waals surface area contributed by atoms with Crippen LogP contribution in [0.25, 0.3) is 0 Å². The third kappa shape index (κ3) is 3.27. The highest BCUT2D eigenvalue weighted by atomic mass is 16.4. The van der Waals surface area contributed by atoms with Crippen molar-refractivity contribution in [3.8, 4) is 0 Å². The Bertz CT molecular complexity index is 211. The molecule has 1 aliphatic rings. The van der Waals surface area contributed by atoms with Crippen LogP contribution in [0.1, 0.15) is 26.7 Å². The zero-order chi connectivity index (χ0) is 10.8. The Balaban J connectivity index is 2.41. The maximum absolute atomic E-state index is 10.7. The lowest BCUT2D eigenvalue weighted by atomic mass is 10.1. The molecule has 4 nitrogen and oxygen atoms in total. The van der Waals surface area contributed by atoms with Crippen molar-refractivity contribution in [1.29, 1.82) is 0 Å². The average molecular weight is 201 g/mol. The molecule has 0 amide bonds. The Hall–Kier alpha value is -0.610. The van der Waals surface area contributed by atoms with Crippen LogP contribution < -0.4 is 0 Å². The first-order valence-electron chi connectivity index (χ1n) is 5.14. The monoisotopic (exact) mass is 201 g/mol. The van der Waals surface area contributed by atoms with Gasteiger partial charge < -0.3 is 10.2 Å². The molecule has 1 atom stereocenters. The van der Waals surface area contributed by atoms with E-state index < -0.39 is 11.6 Å². The maximum Gasteiger partial charge on any atom is 0.336 e. The summed E-state index contributed by atoms with van der Waals surface area (Å²) in [5.41, 5.74) is -1.62. The van der Waals surface area contributed by atoms with E-state index in [1.54, 1.807) is 0 Å². The SMILES string of the molecule is CCN(CC1CC1)CC(C)(O)C(=O)O. The molecular weight excluding hydrogens is 182 g/mol. The topological polar surface area (TPSA) is 60.8 Å². The minimum Gasteiger partial charge on any atom is -0.479 e. The standard InChI is InChI=1S/C10H19NO3/c1-3-11(6-8-4-5-8)7-10(2,14)9(12)13/h8,14H,3-7H2,1-2H3,(H,12,13). The molecule has 1 saturated carbocycles. The number of carboxylic acids is 1. The van der Waals surface area contributed by atoms with Gasteiger partial charge in [0.05, 0.1) is 0 Å². The van der Waals surface area contributed by atoms with Crippen molar-refractivity contribution in [2.75, 3.05) is 19.6 Å². The number of aliphatic hydroxyl groups is 1. The highest BCUT2D eigenvalue weighted by Crippen LogP contribution is 2.29. The molecule has 1 aliphatic carbocycles. The highest BCUT2D eigenvalue weighted by molar-refractivity contribution is 5.76. The van der Waals surface area contributed by atoms with Crippen molar-refractivity contribution in [1.82, 2.24) is 4.90 Å². The third-order valence-electron chi connectivity index (χ3n) is 2.65. The molecule has 0 radical (unpaired) electrons. The number of aliphatic carboxylic acids is 1. The van der Waals surface area contributed by atoms with Gasteiger partial charge >= 0.3 is 5.97 Å². The van der Waals surface area contributed by atoms with Crippen LogP contribution in [-0.2, 0) is 4.79 Å². The summed E-state index contributed by atoms with van der Waals surface area (Å²) in [6.45, 7) is 5.26. The summed E-state index contributed by atoms with van der Waals surface area (Å²) in [5, 5.41) is 18.3. The summed E-state index contributed by atoms with van der Waals surface area (Å²) < 4.78 is 0. The van der Waals surface area contributed by atoms with Crippen LogP contribution in [0, 0.1) is 5.92 Å². The van der Waals surface area contributed by atoms with Crippen LogP contribution in [0.4, 0.5) is 0 Å². The van der Waals surface area contributed by atoms with Crippen molar-refractivity contribution < 1.29 is 15.0 Å². The number of hydrogen-bond acceptors (Lipinski definition) is 3. The Labute approximate surface area is 84.5 Å². The van der Waals surface area contributed by atoms with Crippen molar-refractivity contribution >= 4 is 5.97 Å². The summed E-state index contributed by atoms with van der Waals surface area (Å²) in [6, 6.07) is 0. The van der Waals surface area contributed by atoms with E-state index in [4.69, 9.17) is 5.11 Å².